The van der Waals surface area contributed by atoms with E-state index >= 15 is 0 Å². The van der Waals surface area contributed by atoms with Gasteiger partial charge in [0.2, 0.25) is 10.0 Å². The van der Waals surface area contributed by atoms with Crippen LogP contribution in [0, 0.1) is 12.7 Å². The Morgan fingerprint density at radius 2 is 1.96 bits per heavy atom. The lowest BCUT2D eigenvalue weighted by Gasteiger charge is -2.32. The average Bonchev–Trinajstić information content (AvgIpc) is 2.53. The molecule has 4 nitrogen and oxygen atoms in total. The maximum absolute atomic E-state index is 13.3. The van der Waals surface area contributed by atoms with Gasteiger partial charge in [-0.15, -0.1) is 0 Å². The fourth-order valence-corrected chi connectivity index (χ4v) is 4.50. The fourth-order valence-electron chi connectivity index (χ4n) is 2.93. The van der Waals surface area contributed by atoms with Crippen molar-refractivity contribution in [3.8, 4) is 5.75 Å². The standard InChI is InChI=1S/C17H18FNO3S/c1-12-11-13(18)7-8-17(12)23(20,21)19(2)15-9-10-22-16-6-4-3-5-14(15)16/h3-8,11,15H,9-10H2,1-2H3. The first kappa shape index (κ1) is 16.0. The molecule has 3 rings (SSSR count). The van der Waals surface area contributed by atoms with Gasteiger partial charge in [-0.1, -0.05) is 18.2 Å². The first-order chi connectivity index (χ1) is 10.9. The Bertz CT molecular complexity index is 835. The molecule has 2 aromatic carbocycles. The molecule has 0 spiro atoms. The molecule has 6 heteroatoms. The summed E-state index contributed by atoms with van der Waals surface area (Å²) in [5.74, 6) is 0.266. The second-order valence-electron chi connectivity index (χ2n) is 5.62. The predicted molar refractivity (Wildman–Crippen MR) is 85.4 cm³/mol. The number of hydrogen-bond acceptors (Lipinski definition) is 3. The van der Waals surface area contributed by atoms with Gasteiger partial charge in [0.25, 0.3) is 0 Å². The van der Waals surface area contributed by atoms with Crippen molar-refractivity contribution in [2.75, 3.05) is 13.7 Å². The Labute approximate surface area is 135 Å². The Hall–Kier alpha value is -1.92. The molecule has 0 radical (unpaired) electrons. The van der Waals surface area contributed by atoms with E-state index in [0.29, 0.717) is 24.3 Å². The molecular formula is C17H18FNO3S. The molecule has 2 aromatic rings. The van der Waals surface area contributed by atoms with E-state index in [9.17, 15) is 12.8 Å². The number of aryl methyl sites for hydroxylation is 1. The topological polar surface area (TPSA) is 46.6 Å². The number of fused-ring (bicyclic) bond motifs is 1. The second-order valence-corrected chi connectivity index (χ2v) is 7.59. The molecule has 0 N–H and O–H groups in total. The van der Waals surface area contributed by atoms with Gasteiger partial charge in [0.05, 0.1) is 17.5 Å². The van der Waals surface area contributed by atoms with Gasteiger partial charge in [0, 0.05) is 19.0 Å². The lowest BCUT2D eigenvalue weighted by atomic mass is 10.0. The lowest BCUT2D eigenvalue weighted by molar-refractivity contribution is 0.221. The molecule has 0 saturated carbocycles. The minimum atomic E-state index is -3.72. The summed E-state index contributed by atoms with van der Waals surface area (Å²) in [5, 5.41) is 0. The maximum Gasteiger partial charge on any atom is 0.243 e. The summed E-state index contributed by atoms with van der Waals surface area (Å²) in [7, 11) is -2.16. The van der Waals surface area contributed by atoms with Crippen molar-refractivity contribution in [3.05, 3.63) is 59.4 Å². The van der Waals surface area contributed by atoms with Crippen molar-refractivity contribution in [2.24, 2.45) is 0 Å². The van der Waals surface area contributed by atoms with Crippen molar-refractivity contribution in [1.82, 2.24) is 4.31 Å². The quantitative estimate of drug-likeness (QED) is 0.865. The Morgan fingerprint density at radius 3 is 2.70 bits per heavy atom. The van der Waals surface area contributed by atoms with Crippen LogP contribution in [0.2, 0.25) is 0 Å². The number of sulfonamides is 1. The van der Waals surface area contributed by atoms with E-state index in [4.69, 9.17) is 4.74 Å². The van der Waals surface area contributed by atoms with Gasteiger partial charge in [-0.2, -0.15) is 4.31 Å². The number of nitrogens with zero attached hydrogens (tertiary/aromatic N) is 1. The minimum absolute atomic E-state index is 0.130. The van der Waals surface area contributed by atoms with Crippen LogP contribution in [-0.4, -0.2) is 26.4 Å². The molecule has 0 aliphatic carbocycles. The summed E-state index contributed by atoms with van der Waals surface area (Å²) >= 11 is 0. The van der Waals surface area contributed by atoms with E-state index < -0.39 is 15.8 Å². The molecule has 0 bridgehead atoms. The molecule has 0 fully saturated rings. The third-order valence-electron chi connectivity index (χ3n) is 4.16. The minimum Gasteiger partial charge on any atom is -0.493 e. The van der Waals surface area contributed by atoms with Crippen LogP contribution >= 0.6 is 0 Å². The van der Waals surface area contributed by atoms with Crippen LogP contribution in [-0.2, 0) is 10.0 Å². The van der Waals surface area contributed by atoms with Gasteiger partial charge in [0.1, 0.15) is 11.6 Å². The van der Waals surface area contributed by atoms with Crippen molar-refractivity contribution >= 4 is 10.0 Å². The SMILES string of the molecule is Cc1cc(F)ccc1S(=O)(=O)N(C)C1CCOc2ccccc21. The highest BCUT2D eigenvalue weighted by Crippen LogP contribution is 2.37. The van der Waals surface area contributed by atoms with Crippen LogP contribution in [0.3, 0.4) is 0 Å². The third kappa shape index (κ3) is 2.84. The summed E-state index contributed by atoms with van der Waals surface area (Å²) in [6.45, 7) is 2.06. The monoisotopic (exact) mass is 335 g/mol. The summed E-state index contributed by atoms with van der Waals surface area (Å²) in [6, 6.07) is 10.9. The average molecular weight is 335 g/mol. The van der Waals surface area contributed by atoms with Crippen LogP contribution in [0.5, 0.6) is 5.75 Å². The van der Waals surface area contributed by atoms with Gasteiger partial charge in [-0.05, 0) is 36.8 Å². The molecule has 0 saturated heterocycles. The zero-order chi connectivity index (χ0) is 16.6. The maximum atomic E-state index is 13.3. The predicted octanol–water partition coefficient (Wildman–Crippen LogP) is 3.28. The third-order valence-corrected chi connectivity index (χ3v) is 6.19. The van der Waals surface area contributed by atoms with E-state index in [0.717, 1.165) is 5.56 Å². The van der Waals surface area contributed by atoms with Gasteiger partial charge < -0.3 is 4.74 Å². The van der Waals surface area contributed by atoms with Gasteiger partial charge in [-0.25, -0.2) is 12.8 Å². The molecule has 1 unspecified atom stereocenters. The number of halogens is 1. The Morgan fingerprint density at radius 1 is 1.22 bits per heavy atom. The number of ether oxygens (including phenoxy) is 1. The Kier molecular flexibility index (Phi) is 4.12. The van der Waals surface area contributed by atoms with Crippen molar-refractivity contribution in [1.29, 1.82) is 0 Å². The van der Waals surface area contributed by atoms with Crippen LogP contribution in [0.15, 0.2) is 47.4 Å². The molecule has 1 aliphatic rings. The molecular weight excluding hydrogens is 317 g/mol. The van der Waals surface area contributed by atoms with Gasteiger partial charge in [0.15, 0.2) is 0 Å². The number of rotatable bonds is 3. The zero-order valence-corrected chi connectivity index (χ0v) is 13.8. The highest BCUT2D eigenvalue weighted by molar-refractivity contribution is 7.89. The number of benzene rings is 2. The molecule has 122 valence electrons. The molecule has 0 amide bonds. The molecule has 23 heavy (non-hydrogen) atoms. The number of hydrogen-bond donors (Lipinski definition) is 0. The van der Waals surface area contributed by atoms with E-state index in [-0.39, 0.29) is 10.9 Å². The van der Waals surface area contributed by atoms with Crippen LogP contribution in [0.4, 0.5) is 4.39 Å². The van der Waals surface area contributed by atoms with E-state index in [1.54, 1.807) is 14.0 Å². The second kappa shape index (κ2) is 5.94. The zero-order valence-electron chi connectivity index (χ0n) is 13.0. The van der Waals surface area contributed by atoms with Gasteiger partial charge in [-0.3, -0.25) is 0 Å². The van der Waals surface area contributed by atoms with E-state index in [1.807, 2.05) is 24.3 Å². The van der Waals surface area contributed by atoms with Crippen molar-refractivity contribution < 1.29 is 17.5 Å². The normalized spacial score (nSPS) is 17.7. The number of para-hydroxylation sites is 1. The highest BCUT2D eigenvalue weighted by atomic mass is 32.2. The van der Waals surface area contributed by atoms with Crippen molar-refractivity contribution in [3.63, 3.8) is 0 Å². The van der Waals surface area contributed by atoms with Gasteiger partial charge >= 0.3 is 0 Å². The van der Waals surface area contributed by atoms with Crippen LogP contribution in [0.1, 0.15) is 23.6 Å². The summed E-state index contributed by atoms with van der Waals surface area (Å²) in [5.41, 5.74) is 1.25. The van der Waals surface area contributed by atoms with Crippen LogP contribution < -0.4 is 4.74 Å². The van der Waals surface area contributed by atoms with E-state index in [1.165, 1.54) is 22.5 Å². The first-order valence-corrected chi connectivity index (χ1v) is 8.81. The first-order valence-electron chi connectivity index (χ1n) is 7.37. The fraction of sp³-hybridized carbons (Fsp3) is 0.294. The summed E-state index contributed by atoms with van der Waals surface area (Å²) in [6.07, 6.45) is 0.576. The lowest BCUT2D eigenvalue weighted by Crippen LogP contribution is -2.34. The smallest absolute Gasteiger partial charge is 0.243 e. The van der Waals surface area contributed by atoms with Crippen molar-refractivity contribution in [2.45, 2.75) is 24.3 Å². The highest BCUT2D eigenvalue weighted by Gasteiger charge is 2.33. The van der Waals surface area contributed by atoms with Crippen LogP contribution in [0.25, 0.3) is 0 Å². The molecule has 1 atom stereocenters. The molecule has 1 heterocycles. The molecule has 0 aromatic heterocycles. The Balaban J connectivity index is 2.01. The molecule has 1 aliphatic heterocycles. The van der Waals surface area contributed by atoms with E-state index in [2.05, 4.69) is 0 Å². The largest absolute Gasteiger partial charge is 0.493 e. The summed E-state index contributed by atoms with van der Waals surface area (Å²) < 4.78 is 46.1. The summed E-state index contributed by atoms with van der Waals surface area (Å²) in [4.78, 5) is 0.130.